The summed E-state index contributed by atoms with van der Waals surface area (Å²) in [6, 6.07) is 2.33. The Morgan fingerprint density at radius 3 is 2.40 bits per heavy atom. The van der Waals surface area contributed by atoms with Gasteiger partial charge < -0.3 is 15.1 Å². The van der Waals surface area contributed by atoms with Gasteiger partial charge in [-0.25, -0.2) is 4.79 Å². The molecule has 0 atom stereocenters. The fraction of sp³-hybridized carbons (Fsp3) is 0.250. The lowest BCUT2D eigenvalue weighted by Gasteiger charge is -2.05. The van der Waals surface area contributed by atoms with Crippen LogP contribution in [0, 0.1) is 0 Å². The van der Waals surface area contributed by atoms with Crippen LogP contribution in [0.15, 0.2) is 12.1 Å². The van der Waals surface area contributed by atoms with Crippen molar-refractivity contribution in [1.29, 1.82) is 0 Å². The van der Waals surface area contributed by atoms with E-state index in [1.54, 1.807) is 0 Å². The van der Waals surface area contributed by atoms with E-state index in [9.17, 15) is 9.59 Å². The molecule has 0 unspecified atom stereocenters. The average Bonchev–Trinajstić information content (AvgIpc) is 2.46. The molecule has 0 saturated heterocycles. The molecule has 0 amide bonds. The summed E-state index contributed by atoms with van der Waals surface area (Å²) in [6.07, 6.45) is 0. The van der Waals surface area contributed by atoms with Crippen LogP contribution in [0.2, 0.25) is 0 Å². The third-order valence-corrected chi connectivity index (χ3v) is 2.17. The zero-order chi connectivity index (χ0) is 11.4. The van der Waals surface area contributed by atoms with E-state index in [4.69, 9.17) is 10.2 Å². The molecule has 82 valence electrons. The lowest BCUT2D eigenvalue weighted by Crippen LogP contribution is -2.21. The van der Waals surface area contributed by atoms with Gasteiger partial charge in [0.2, 0.25) is 11.8 Å². The number of thioether (sulfide) groups is 1. The largest absolute Gasteiger partial charge is 0.492 e. The van der Waals surface area contributed by atoms with Gasteiger partial charge in [-0.1, -0.05) is 11.8 Å². The van der Waals surface area contributed by atoms with Crippen LogP contribution in [-0.4, -0.2) is 31.8 Å². The number of carbonyl (C=O) groups excluding carboxylic acids is 2. The fourth-order valence-electron chi connectivity index (χ4n) is 0.784. The summed E-state index contributed by atoms with van der Waals surface area (Å²) in [5, 5.41) is 18.0. The molecule has 1 aromatic rings. The van der Waals surface area contributed by atoms with Crippen LogP contribution in [0.1, 0.15) is 6.92 Å². The highest BCUT2D eigenvalue weighted by molar-refractivity contribution is 8.14. The van der Waals surface area contributed by atoms with Gasteiger partial charge in [0.25, 0.3) is 0 Å². The third-order valence-electron chi connectivity index (χ3n) is 1.38. The highest BCUT2D eigenvalue weighted by atomic mass is 32.2. The van der Waals surface area contributed by atoms with Crippen LogP contribution >= 0.6 is 11.8 Å². The van der Waals surface area contributed by atoms with Gasteiger partial charge in [-0.2, -0.15) is 0 Å². The molecule has 7 heteroatoms. The van der Waals surface area contributed by atoms with E-state index in [0.717, 1.165) is 11.8 Å². The highest BCUT2D eigenvalue weighted by Crippen LogP contribution is 2.18. The molecule has 1 aromatic heterocycles. The Hall–Kier alpha value is -1.63. The van der Waals surface area contributed by atoms with Gasteiger partial charge in [0.1, 0.15) is 5.75 Å². The van der Waals surface area contributed by atoms with E-state index in [0.29, 0.717) is 4.73 Å². The first-order valence-corrected chi connectivity index (χ1v) is 4.93. The predicted octanol–water partition coefficient (Wildman–Crippen LogP) is 0.134. The summed E-state index contributed by atoms with van der Waals surface area (Å²) in [5.74, 6) is -1.70. The number of hydrogen-bond acceptors (Lipinski definition) is 6. The summed E-state index contributed by atoms with van der Waals surface area (Å²) < 4.78 is 0.572. The second kappa shape index (κ2) is 4.74. The molecule has 0 aliphatic carbocycles. The molecule has 6 nitrogen and oxygen atoms in total. The minimum Gasteiger partial charge on any atom is -0.492 e. The van der Waals surface area contributed by atoms with Gasteiger partial charge in [0.15, 0.2) is 5.12 Å². The Labute approximate surface area is 89.4 Å². The second-order valence-electron chi connectivity index (χ2n) is 2.59. The van der Waals surface area contributed by atoms with Crippen molar-refractivity contribution in [3.8, 4) is 11.8 Å². The van der Waals surface area contributed by atoms with Gasteiger partial charge >= 0.3 is 5.97 Å². The standard InChI is InChI=1S/C8H9NO5S/c1-5(10)15-4-8(13)14-9-6(11)2-3-7(9)12/h2-3,11-12H,4H2,1H3. The molecule has 15 heavy (non-hydrogen) atoms. The van der Waals surface area contributed by atoms with Crippen molar-refractivity contribution in [2.24, 2.45) is 0 Å². The Kier molecular flexibility index (Phi) is 3.62. The van der Waals surface area contributed by atoms with Crippen molar-refractivity contribution in [3.63, 3.8) is 0 Å². The number of rotatable bonds is 3. The normalized spacial score (nSPS) is 9.93. The van der Waals surface area contributed by atoms with Crippen LogP contribution in [-0.2, 0) is 9.59 Å². The molecule has 0 bridgehead atoms. The quantitative estimate of drug-likeness (QED) is 0.768. The third kappa shape index (κ3) is 3.21. The maximum atomic E-state index is 11.1. The summed E-state index contributed by atoms with van der Waals surface area (Å²) in [7, 11) is 0. The van der Waals surface area contributed by atoms with Crippen LogP contribution in [0.5, 0.6) is 11.8 Å². The summed E-state index contributed by atoms with van der Waals surface area (Å²) >= 11 is 0.783. The summed E-state index contributed by atoms with van der Waals surface area (Å²) in [5.41, 5.74) is 0. The lowest BCUT2D eigenvalue weighted by molar-refractivity contribution is -0.142. The molecule has 2 N–H and O–H groups in total. The molecular weight excluding hydrogens is 222 g/mol. The van der Waals surface area contributed by atoms with Crippen LogP contribution in [0.4, 0.5) is 0 Å². The average molecular weight is 231 g/mol. The summed E-state index contributed by atoms with van der Waals surface area (Å²) in [4.78, 5) is 26.2. The van der Waals surface area contributed by atoms with Crippen LogP contribution < -0.4 is 4.84 Å². The first-order chi connectivity index (χ1) is 7.00. The molecule has 0 aromatic carbocycles. The monoisotopic (exact) mass is 231 g/mol. The number of nitrogens with zero attached hydrogens (tertiary/aromatic N) is 1. The topological polar surface area (TPSA) is 88.8 Å². The smallest absolute Gasteiger partial charge is 0.343 e. The van der Waals surface area contributed by atoms with Crippen LogP contribution in [0.25, 0.3) is 0 Å². The Morgan fingerprint density at radius 1 is 1.40 bits per heavy atom. The molecule has 0 fully saturated rings. The first-order valence-electron chi connectivity index (χ1n) is 3.95. The molecule has 0 aliphatic heterocycles. The first kappa shape index (κ1) is 11.4. The second-order valence-corrected chi connectivity index (χ2v) is 3.74. The van der Waals surface area contributed by atoms with E-state index in [1.165, 1.54) is 19.1 Å². The molecule has 1 heterocycles. The molecular formula is C8H9NO5S. The summed E-state index contributed by atoms with van der Waals surface area (Å²) in [6.45, 7) is 1.32. The SMILES string of the molecule is CC(=O)SCC(=O)On1c(O)ccc1O. The number of hydrogen-bond donors (Lipinski definition) is 2. The van der Waals surface area contributed by atoms with Gasteiger partial charge in [-0.15, -0.1) is 4.73 Å². The van der Waals surface area contributed by atoms with Crippen molar-refractivity contribution in [2.45, 2.75) is 6.92 Å². The predicted molar refractivity (Wildman–Crippen MR) is 52.5 cm³/mol. The number of aromatic nitrogens is 1. The van der Waals surface area contributed by atoms with E-state index < -0.39 is 17.7 Å². The van der Waals surface area contributed by atoms with Crippen molar-refractivity contribution >= 4 is 22.8 Å². The molecule has 1 rings (SSSR count). The van der Waals surface area contributed by atoms with E-state index in [1.807, 2.05) is 0 Å². The molecule has 0 radical (unpaired) electrons. The van der Waals surface area contributed by atoms with Crippen molar-refractivity contribution in [2.75, 3.05) is 5.75 Å². The van der Waals surface area contributed by atoms with E-state index in [2.05, 4.69) is 4.84 Å². The zero-order valence-electron chi connectivity index (χ0n) is 7.84. The number of aromatic hydroxyl groups is 2. The molecule has 0 spiro atoms. The molecule has 0 aliphatic rings. The van der Waals surface area contributed by atoms with Crippen LogP contribution in [0.3, 0.4) is 0 Å². The van der Waals surface area contributed by atoms with Gasteiger partial charge in [-0.3, -0.25) is 4.79 Å². The van der Waals surface area contributed by atoms with Gasteiger partial charge in [0.05, 0.1) is 0 Å². The minimum absolute atomic E-state index is 0.174. The van der Waals surface area contributed by atoms with E-state index in [-0.39, 0.29) is 10.9 Å². The zero-order valence-corrected chi connectivity index (χ0v) is 8.65. The van der Waals surface area contributed by atoms with Crippen molar-refractivity contribution < 1.29 is 24.6 Å². The highest BCUT2D eigenvalue weighted by Gasteiger charge is 2.12. The minimum atomic E-state index is -0.739. The van der Waals surface area contributed by atoms with Gasteiger partial charge in [-0.05, 0) is 0 Å². The fourth-order valence-corrected chi connectivity index (χ4v) is 1.16. The molecule has 0 saturated carbocycles. The Balaban J connectivity index is 2.55. The van der Waals surface area contributed by atoms with Crippen molar-refractivity contribution in [3.05, 3.63) is 12.1 Å². The lowest BCUT2D eigenvalue weighted by atomic mass is 10.6. The maximum absolute atomic E-state index is 11.1. The Morgan fingerprint density at radius 2 is 1.93 bits per heavy atom. The number of carbonyl (C=O) groups is 2. The van der Waals surface area contributed by atoms with E-state index >= 15 is 0 Å². The Bertz CT molecular complexity index is 367. The van der Waals surface area contributed by atoms with Gasteiger partial charge in [0, 0.05) is 19.1 Å². The maximum Gasteiger partial charge on any atom is 0.343 e. The van der Waals surface area contributed by atoms with Crippen molar-refractivity contribution in [1.82, 2.24) is 4.73 Å².